The van der Waals surface area contributed by atoms with Crippen LogP contribution in [0.15, 0.2) is 23.0 Å². The lowest BCUT2D eigenvalue weighted by Crippen LogP contribution is -2.15. The second-order valence-electron chi connectivity index (χ2n) is 4.45. The summed E-state index contributed by atoms with van der Waals surface area (Å²) in [6.07, 6.45) is 0. The van der Waals surface area contributed by atoms with Crippen molar-refractivity contribution in [1.29, 1.82) is 0 Å². The zero-order valence-electron chi connectivity index (χ0n) is 11.0. The normalized spacial score (nSPS) is 13.2. The van der Waals surface area contributed by atoms with Gasteiger partial charge in [-0.15, -0.1) is 0 Å². The third-order valence-corrected chi connectivity index (χ3v) is 4.09. The zero-order chi connectivity index (χ0) is 14.1. The molecule has 0 unspecified atom stereocenters. The van der Waals surface area contributed by atoms with Gasteiger partial charge in [-0.25, -0.2) is 4.98 Å². The van der Waals surface area contributed by atoms with Crippen molar-refractivity contribution < 1.29 is 9.84 Å². The van der Waals surface area contributed by atoms with E-state index in [-0.39, 0.29) is 11.3 Å². The third kappa shape index (κ3) is 2.27. The van der Waals surface area contributed by atoms with Crippen LogP contribution in [0.1, 0.15) is 18.2 Å². The van der Waals surface area contributed by atoms with Crippen LogP contribution in [0.5, 0.6) is 11.5 Å². The van der Waals surface area contributed by atoms with E-state index in [4.69, 9.17) is 4.74 Å². The van der Waals surface area contributed by atoms with Crippen molar-refractivity contribution in [1.82, 2.24) is 9.97 Å². The van der Waals surface area contributed by atoms with E-state index in [1.165, 1.54) is 0 Å². The molecule has 0 fully saturated rings. The van der Waals surface area contributed by atoms with Gasteiger partial charge < -0.3 is 14.8 Å². The molecule has 0 atom stereocenters. The van der Waals surface area contributed by atoms with Gasteiger partial charge >= 0.3 is 0 Å². The molecule has 1 aromatic carbocycles. The quantitative estimate of drug-likeness (QED) is 0.907. The Bertz CT molecular complexity index is 712. The maximum Gasteiger partial charge on any atom is 0.255 e. The maximum absolute atomic E-state index is 12.0. The van der Waals surface area contributed by atoms with Crippen molar-refractivity contribution in [2.45, 2.75) is 18.4 Å². The van der Waals surface area contributed by atoms with Crippen LogP contribution in [0, 0.1) is 0 Å². The average molecular weight is 290 g/mol. The summed E-state index contributed by atoms with van der Waals surface area (Å²) in [5, 5.41) is 9.70. The molecule has 20 heavy (non-hydrogen) atoms. The summed E-state index contributed by atoms with van der Waals surface area (Å²) >= 11 is 1.69. The number of aromatic nitrogens is 2. The van der Waals surface area contributed by atoms with Gasteiger partial charge in [0.05, 0.1) is 12.3 Å². The van der Waals surface area contributed by atoms with Crippen LogP contribution in [0.2, 0.25) is 0 Å². The van der Waals surface area contributed by atoms with E-state index in [2.05, 4.69) is 9.97 Å². The zero-order valence-corrected chi connectivity index (χ0v) is 11.8. The Balaban J connectivity index is 2.07. The predicted molar refractivity (Wildman–Crippen MR) is 78.1 cm³/mol. The first-order valence-electron chi connectivity index (χ1n) is 6.35. The molecule has 3 rings (SSSR count). The molecule has 1 aliphatic rings. The first kappa shape index (κ1) is 13.1. The van der Waals surface area contributed by atoms with Gasteiger partial charge in [0, 0.05) is 22.6 Å². The lowest BCUT2D eigenvalue weighted by Gasteiger charge is -2.08. The number of nitrogens with zero attached hydrogens (tertiary/aromatic N) is 1. The molecule has 0 saturated carbocycles. The number of phenols is 1. The maximum atomic E-state index is 12.0. The van der Waals surface area contributed by atoms with Crippen molar-refractivity contribution in [3.05, 3.63) is 39.8 Å². The molecule has 104 valence electrons. The van der Waals surface area contributed by atoms with Crippen LogP contribution in [0.4, 0.5) is 0 Å². The number of hydrogen-bond acceptors (Lipinski definition) is 5. The number of aromatic hydroxyl groups is 1. The number of thioether (sulfide) groups is 1. The highest BCUT2D eigenvalue weighted by Gasteiger charge is 2.18. The molecule has 6 heteroatoms. The first-order chi connectivity index (χ1) is 9.69. The topological polar surface area (TPSA) is 75.2 Å². The second-order valence-corrected chi connectivity index (χ2v) is 5.43. The van der Waals surface area contributed by atoms with Crippen molar-refractivity contribution in [3.8, 4) is 22.9 Å². The van der Waals surface area contributed by atoms with E-state index in [1.807, 2.05) is 6.92 Å². The lowest BCUT2D eigenvalue weighted by molar-refractivity contribution is 0.318. The van der Waals surface area contributed by atoms with Gasteiger partial charge in [-0.3, -0.25) is 4.79 Å². The van der Waals surface area contributed by atoms with Crippen LogP contribution in [-0.4, -0.2) is 21.7 Å². The summed E-state index contributed by atoms with van der Waals surface area (Å²) in [6, 6.07) is 4.94. The summed E-state index contributed by atoms with van der Waals surface area (Å²) in [5.41, 5.74) is 2.26. The van der Waals surface area contributed by atoms with Gasteiger partial charge in [-0.2, -0.15) is 11.8 Å². The highest BCUT2D eigenvalue weighted by molar-refractivity contribution is 7.98. The number of hydrogen-bond donors (Lipinski definition) is 2. The molecule has 2 aromatic rings. The van der Waals surface area contributed by atoms with Gasteiger partial charge in [-0.05, 0) is 25.1 Å². The molecule has 0 aliphatic carbocycles. The van der Waals surface area contributed by atoms with Gasteiger partial charge in [0.1, 0.15) is 5.82 Å². The minimum Gasteiger partial charge on any atom is -0.504 e. The monoisotopic (exact) mass is 290 g/mol. The van der Waals surface area contributed by atoms with Crippen molar-refractivity contribution in [3.63, 3.8) is 0 Å². The highest BCUT2D eigenvalue weighted by Crippen LogP contribution is 2.31. The Morgan fingerprint density at radius 2 is 2.30 bits per heavy atom. The molecule has 2 N–H and O–H groups in total. The standard InChI is InChI=1S/C14H14N2O3S/c1-2-19-12-5-8(3-4-11(12)17)13-15-10-7-20-6-9(10)14(18)16-13/h3-5,17H,2,6-7H2,1H3,(H,15,16,18). The van der Waals surface area contributed by atoms with Gasteiger partial charge in [-0.1, -0.05) is 0 Å². The molecule has 0 spiro atoms. The van der Waals surface area contributed by atoms with E-state index in [0.29, 0.717) is 18.2 Å². The van der Waals surface area contributed by atoms with Crippen LogP contribution in [0.3, 0.4) is 0 Å². The Labute approximate surface area is 120 Å². The summed E-state index contributed by atoms with van der Waals surface area (Å²) in [5.74, 6) is 2.47. The predicted octanol–water partition coefficient (Wildman–Crippen LogP) is 2.29. The number of rotatable bonds is 3. The molecule has 0 bridgehead atoms. The van der Waals surface area contributed by atoms with Crippen LogP contribution >= 0.6 is 11.8 Å². The van der Waals surface area contributed by atoms with E-state index in [1.54, 1.807) is 30.0 Å². The van der Waals surface area contributed by atoms with Crippen LogP contribution in [-0.2, 0) is 11.5 Å². The summed E-state index contributed by atoms with van der Waals surface area (Å²) in [4.78, 5) is 19.3. The summed E-state index contributed by atoms with van der Waals surface area (Å²) in [6.45, 7) is 2.31. The van der Waals surface area contributed by atoms with Crippen molar-refractivity contribution in [2.24, 2.45) is 0 Å². The third-order valence-electron chi connectivity index (χ3n) is 3.12. The molecular formula is C14H14N2O3S. The first-order valence-corrected chi connectivity index (χ1v) is 7.50. The average Bonchev–Trinajstić information content (AvgIpc) is 2.90. The van der Waals surface area contributed by atoms with Crippen LogP contribution in [0.25, 0.3) is 11.4 Å². The SMILES string of the molecule is CCOc1cc(-c2nc3c(c(=O)[nH]2)CSC3)ccc1O. The number of aromatic amines is 1. The molecule has 1 aliphatic heterocycles. The van der Waals surface area contributed by atoms with E-state index in [9.17, 15) is 9.90 Å². The van der Waals surface area contributed by atoms with E-state index < -0.39 is 0 Å². The number of fused-ring (bicyclic) bond motifs is 1. The van der Waals surface area contributed by atoms with Crippen molar-refractivity contribution >= 4 is 11.8 Å². The smallest absolute Gasteiger partial charge is 0.255 e. The molecule has 2 heterocycles. The number of benzene rings is 1. The number of nitrogens with one attached hydrogen (secondary N) is 1. The molecule has 5 nitrogen and oxygen atoms in total. The van der Waals surface area contributed by atoms with Gasteiger partial charge in [0.2, 0.25) is 0 Å². The largest absolute Gasteiger partial charge is 0.504 e. The number of phenolic OH excluding ortho intramolecular Hbond substituents is 1. The minimum absolute atomic E-state index is 0.0784. The minimum atomic E-state index is -0.0824. The Morgan fingerprint density at radius 3 is 3.10 bits per heavy atom. The summed E-state index contributed by atoms with van der Waals surface area (Å²) in [7, 11) is 0. The number of H-pyrrole nitrogens is 1. The molecule has 0 radical (unpaired) electrons. The van der Waals surface area contributed by atoms with Crippen molar-refractivity contribution in [2.75, 3.05) is 6.61 Å². The Kier molecular flexibility index (Phi) is 3.40. The Hall–Kier alpha value is -1.95. The fourth-order valence-corrected chi connectivity index (χ4v) is 3.17. The molecule has 0 saturated heterocycles. The number of ether oxygens (including phenoxy) is 1. The molecule has 0 amide bonds. The highest BCUT2D eigenvalue weighted by atomic mass is 32.2. The molecular weight excluding hydrogens is 276 g/mol. The van der Waals surface area contributed by atoms with Gasteiger partial charge in [0.25, 0.3) is 5.56 Å². The molecule has 1 aromatic heterocycles. The fraction of sp³-hybridized carbons (Fsp3) is 0.286. The van der Waals surface area contributed by atoms with E-state index in [0.717, 1.165) is 28.3 Å². The van der Waals surface area contributed by atoms with E-state index >= 15 is 0 Å². The van der Waals surface area contributed by atoms with Crippen LogP contribution < -0.4 is 10.3 Å². The fourth-order valence-electron chi connectivity index (χ4n) is 2.13. The summed E-state index contributed by atoms with van der Waals surface area (Å²) < 4.78 is 5.35. The lowest BCUT2D eigenvalue weighted by atomic mass is 10.1. The Morgan fingerprint density at radius 1 is 1.45 bits per heavy atom. The van der Waals surface area contributed by atoms with Gasteiger partial charge in [0.15, 0.2) is 11.5 Å². The second kappa shape index (κ2) is 5.20.